The van der Waals surface area contributed by atoms with Crippen molar-refractivity contribution in [2.45, 2.75) is 19.8 Å². The molecular weight excluding hydrogens is 340 g/mol. The van der Waals surface area contributed by atoms with Gasteiger partial charge in [-0.25, -0.2) is 4.79 Å². The van der Waals surface area contributed by atoms with Crippen LogP contribution in [0.4, 0.5) is 11.4 Å². The second-order valence-electron chi connectivity index (χ2n) is 6.41. The first-order valence-corrected chi connectivity index (χ1v) is 9.23. The summed E-state index contributed by atoms with van der Waals surface area (Å²) >= 11 is 0. The van der Waals surface area contributed by atoms with Crippen LogP contribution in [-0.2, 0) is 20.7 Å². The van der Waals surface area contributed by atoms with Gasteiger partial charge in [-0.3, -0.25) is 4.79 Å². The number of fused-ring (bicyclic) bond motifs is 1. The van der Waals surface area contributed by atoms with Crippen LogP contribution in [0.3, 0.4) is 0 Å². The zero-order valence-corrected chi connectivity index (χ0v) is 15.5. The number of carbonyl (C=O) groups excluding carboxylic acids is 2. The normalized spacial score (nSPS) is 13.3. The highest BCUT2D eigenvalue weighted by molar-refractivity contribution is 5.94. The van der Waals surface area contributed by atoms with Crippen LogP contribution in [0, 0.1) is 0 Å². The van der Waals surface area contributed by atoms with Crippen molar-refractivity contribution in [3.05, 3.63) is 65.7 Å². The SMILES string of the molecule is CCOC(=O)/C=C/c1ccc(NC(=O)CN2CCCc3ccccc32)cc1. The Balaban J connectivity index is 1.56. The molecule has 3 rings (SSSR count). The van der Waals surface area contributed by atoms with Crippen molar-refractivity contribution >= 4 is 29.3 Å². The van der Waals surface area contributed by atoms with E-state index in [2.05, 4.69) is 22.3 Å². The number of anilines is 2. The molecule has 140 valence electrons. The van der Waals surface area contributed by atoms with Gasteiger partial charge in [0.15, 0.2) is 0 Å². The average molecular weight is 364 g/mol. The number of amides is 1. The summed E-state index contributed by atoms with van der Waals surface area (Å²) in [5.74, 6) is -0.404. The Morgan fingerprint density at radius 3 is 2.70 bits per heavy atom. The molecule has 1 amide bonds. The summed E-state index contributed by atoms with van der Waals surface area (Å²) in [5.41, 5.74) is 4.05. The third-order valence-electron chi connectivity index (χ3n) is 4.43. The smallest absolute Gasteiger partial charge is 0.330 e. The first kappa shape index (κ1) is 18.7. The van der Waals surface area contributed by atoms with Crippen LogP contribution in [0.15, 0.2) is 54.6 Å². The summed E-state index contributed by atoms with van der Waals surface area (Å²) in [5, 5.41) is 2.94. The van der Waals surface area contributed by atoms with Crippen LogP contribution in [0.25, 0.3) is 6.08 Å². The molecule has 2 aromatic carbocycles. The number of aryl methyl sites for hydroxylation is 1. The van der Waals surface area contributed by atoms with Gasteiger partial charge in [-0.2, -0.15) is 0 Å². The van der Waals surface area contributed by atoms with E-state index in [0.717, 1.165) is 36.3 Å². The molecule has 0 saturated carbocycles. The van der Waals surface area contributed by atoms with Crippen LogP contribution in [0.5, 0.6) is 0 Å². The summed E-state index contributed by atoms with van der Waals surface area (Å²) in [7, 11) is 0. The number of hydrogen-bond donors (Lipinski definition) is 1. The molecule has 1 aliphatic heterocycles. The maximum absolute atomic E-state index is 12.4. The van der Waals surface area contributed by atoms with E-state index in [0.29, 0.717) is 13.2 Å². The number of nitrogens with one attached hydrogen (secondary N) is 1. The number of benzene rings is 2. The quantitative estimate of drug-likeness (QED) is 0.628. The molecule has 0 atom stereocenters. The summed E-state index contributed by atoms with van der Waals surface area (Å²) in [6.45, 7) is 3.35. The maximum Gasteiger partial charge on any atom is 0.330 e. The van der Waals surface area contributed by atoms with Crippen molar-refractivity contribution in [2.75, 3.05) is 29.9 Å². The van der Waals surface area contributed by atoms with Crippen molar-refractivity contribution < 1.29 is 14.3 Å². The number of esters is 1. The predicted octanol–water partition coefficient (Wildman–Crippen LogP) is 3.65. The molecule has 27 heavy (non-hydrogen) atoms. The molecule has 0 unspecified atom stereocenters. The zero-order chi connectivity index (χ0) is 19.1. The molecule has 1 N–H and O–H groups in total. The van der Waals surface area contributed by atoms with E-state index in [1.807, 2.05) is 36.4 Å². The minimum absolute atomic E-state index is 0.0403. The second kappa shape index (κ2) is 9.03. The van der Waals surface area contributed by atoms with Gasteiger partial charge in [0.2, 0.25) is 5.91 Å². The first-order valence-electron chi connectivity index (χ1n) is 9.23. The Morgan fingerprint density at radius 1 is 1.15 bits per heavy atom. The Labute approximate surface area is 159 Å². The van der Waals surface area contributed by atoms with Gasteiger partial charge in [0.1, 0.15) is 0 Å². The highest BCUT2D eigenvalue weighted by Crippen LogP contribution is 2.26. The van der Waals surface area contributed by atoms with Crippen LogP contribution < -0.4 is 10.2 Å². The molecular formula is C22H24N2O3. The van der Waals surface area contributed by atoms with Crippen molar-refractivity contribution in [1.29, 1.82) is 0 Å². The molecule has 5 nitrogen and oxygen atoms in total. The molecule has 1 aliphatic rings. The van der Waals surface area contributed by atoms with Crippen molar-refractivity contribution in [2.24, 2.45) is 0 Å². The topological polar surface area (TPSA) is 58.6 Å². The fourth-order valence-electron chi connectivity index (χ4n) is 3.18. The molecule has 0 aliphatic carbocycles. The van der Waals surface area contributed by atoms with E-state index in [4.69, 9.17) is 4.74 Å². The van der Waals surface area contributed by atoms with E-state index in [-0.39, 0.29) is 11.9 Å². The Bertz CT molecular complexity index is 828. The molecule has 0 bridgehead atoms. The van der Waals surface area contributed by atoms with E-state index >= 15 is 0 Å². The predicted molar refractivity (Wildman–Crippen MR) is 108 cm³/mol. The highest BCUT2D eigenvalue weighted by atomic mass is 16.5. The first-order chi connectivity index (χ1) is 13.2. The van der Waals surface area contributed by atoms with Crippen LogP contribution in [-0.4, -0.2) is 31.6 Å². The molecule has 0 spiro atoms. The molecule has 0 saturated heterocycles. The lowest BCUT2D eigenvalue weighted by Crippen LogP contribution is -2.36. The van der Waals surface area contributed by atoms with Gasteiger partial charge in [0.25, 0.3) is 0 Å². The van der Waals surface area contributed by atoms with Gasteiger partial charge in [-0.05, 0) is 55.2 Å². The van der Waals surface area contributed by atoms with Gasteiger partial charge >= 0.3 is 5.97 Å². The minimum atomic E-state index is -0.364. The van der Waals surface area contributed by atoms with Gasteiger partial charge in [0.05, 0.1) is 13.2 Å². The lowest BCUT2D eigenvalue weighted by atomic mass is 10.0. The number of para-hydroxylation sites is 1. The fourth-order valence-corrected chi connectivity index (χ4v) is 3.18. The summed E-state index contributed by atoms with van der Waals surface area (Å²) in [4.78, 5) is 25.9. The highest BCUT2D eigenvalue weighted by Gasteiger charge is 2.18. The fraction of sp³-hybridized carbons (Fsp3) is 0.273. The summed E-state index contributed by atoms with van der Waals surface area (Å²) in [6.07, 6.45) is 5.21. The molecule has 2 aromatic rings. The number of nitrogens with zero attached hydrogens (tertiary/aromatic N) is 1. The number of hydrogen-bond acceptors (Lipinski definition) is 4. The van der Waals surface area contributed by atoms with Crippen LogP contribution in [0.2, 0.25) is 0 Å². The zero-order valence-electron chi connectivity index (χ0n) is 15.5. The van der Waals surface area contributed by atoms with Gasteiger partial charge < -0.3 is 15.0 Å². The van der Waals surface area contributed by atoms with E-state index < -0.39 is 0 Å². The summed E-state index contributed by atoms with van der Waals surface area (Å²) in [6, 6.07) is 15.6. The Morgan fingerprint density at radius 2 is 1.93 bits per heavy atom. The standard InChI is InChI=1S/C22H24N2O3/c1-2-27-22(26)14-11-17-9-12-19(13-10-17)23-21(25)16-24-15-5-7-18-6-3-4-8-20(18)24/h3-4,6,8-14H,2,5,7,15-16H2,1H3,(H,23,25)/b14-11+. The Kier molecular flexibility index (Phi) is 6.26. The average Bonchev–Trinajstić information content (AvgIpc) is 2.68. The maximum atomic E-state index is 12.4. The third-order valence-corrected chi connectivity index (χ3v) is 4.43. The molecule has 1 heterocycles. The largest absolute Gasteiger partial charge is 0.463 e. The summed E-state index contributed by atoms with van der Waals surface area (Å²) < 4.78 is 4.85. The molecule has 0 fully saturated rings. The number of carbonyl (C=O) groups is 2. The molecule has 5 heteroatoms. The monoisotopic (exact) mass is 364 g/mol. The van der Waals surface area contributed by atoms with E-state index in [9.17, 15) is 9.59 Å². The van der Waals surface area contributed by atoms with Gasteiger partial charge in [-0.15, -0.1) is 0 Å². The van der Waals surface area contributed by atoms with Crippen molar-refractivity contribution in [3.63, 3.8) is 0 Å². The molecule has 0 radical (unpaired) electrons. The molecule has 0 aromatic heterocycles. The van der Waals surface area contributed by atoms with Crippen LogP contribution >= 0.6 is 0 Å². The van der Waals surface area contributed by atoms with E-state index in [1.165, 1.54) is 11.6 Å². The van der Waals surface area contributed by atoms with Gasteiger partial charge in [0, 0.05) is 24.0 Å². The van der Waals surface area contributed by atoms with Crippen LogP contribution in [0.1, 0.15) is 24.5 Å². The van der Waals surface area contributed by atoms with E-state index in [1.54, 1.807) is 13.0 Å². The number of ether oxygens (including phenoxy) is 1. The minimum Gasteiger partial charge on any atom is -0.463 e. The second-order valence-corrected chi connectivity index (χ2v) is 6.41. The van der Waals surface area contributed by atoms with Crippen molar-refractivity contribution in [3.8, 4) is 0 Å². The van der Waals surface area contributed by atoms with Gasteiger partial charge in [-0.1, -0.05) is 30.3 Å². The Hall–Kier alpha value is -3.08. The third kappa shape index (κ3) is 5.20. The number of rotatable bonds is 6. The lowest BCUT2D eigenvalue weighted by molar-refractivity contribution is -0.137. The van der Waals surface area contributed by atoms with Crippen molar-refractivity contribution in [1.82, 2.24) is 0 Å². The lowest BCUT2D eigenvalue weighted by Gasteiger charge is -2.30.